The van der Waals surface area contributed by atoms with Crippen molar-refractivity contribution >= 4 is 5.69 Å². The summed E-state index contributed by atoms with van der Waals surface area (Å²) in [6, 6.07) is 5.75. The van der Waals surface area contributed by atoms with Gasteiger partial charge in [-0.05, 0) is 18.6 Å². The average Bonchev–Trinajstić information content (AvgIpc) is 2.42. The van der Waals surface area contributed by atoms with Crippen LogP contribution < -0.4 is 4.90 Å². The molecule has 98 valence electrons. The summed E-state index contributed by atoms with van der Waals surface area (Å²) in [4.78, 5) is 6.14. The third-order valence-electron chi connectivity index (χ3n) is 2.57. The Bertz CT molecular complexity index is 390. The van der Waals surface area contributed by atoms with Crippen LogP contribution in [0, 0.1) is 11.3 Å². The molecule has 0 unspecified atom stereocenters. The van der Waals surface area contributed by atoms with E-state index in [0.29, 0.717) is 12.3 Å². The van der Waals surface area contributed by atoms with Crippen LogP contribution in [0.1, 0.15) is 12.1 Å². The highest BCUT2D eigenvalue weighted by atomic mass is 16.5. The molecule has 18 heavy (non-hydrogen) atoms. The van der Waals surface area contributed by atoms with E-state index in [0.717, 1.165) is 31.8 Å². The van der Waals surface area contributed by atoms with Gasteiger partial charge in [0.05, 0.1) is 6.61 Å². The van der Waals surface area contributed by atoms with Crippen LogP contribution in [0.5, 0.6) is 0 Å². The van der Waals surface area contributed by atoms with Gasteiger partial charge in [-0.25, -0.2) is 4.98 Å². The van der Waals surface area contributed by atoms with Gasteiger partial charge in [0.1, 0.15) is 11.8 Å². The SMILES string of the molecule is COCCCN(CCOC)c1ccnc(C#N)c1. The van der Waals surface area contributed by atoms with Gasteiger partial charge in [0, 0.05) is 45.8 Å². The first-order valence-electron chi connectivity index (χ1n) is 5.90. The zero-order valence-corrected chi connectivity index (χ0v) is 10.9. The van der Waals surface area contributed by atoms with Gasteiger partial charge in [-0.2, -0.15) is 5.26 Å². The molecule has 1 aromatic heterocycles. The fourth-order valence-corrected chi connectivity index (χ4v) is 1.65. The Balaban J connectivity index is 2.70. The van der Waals surface area contributed by atoms with E-state index in [4.69, 9.17) is 14.7 Å². The molecule has 0 aliphatic rings. The second kappa shape index (κ2) is 8.45. The fraction of sp³-hybridized carbons (Fsp3) is 0.538. The zero-order valence-electron chi connectivity index (χ0n) is 10.9. The van der Waals surface area contributed by atoms with Crippen molar-refractivity contribution in [2.75, 3.05) is 45.4 Å². The minimum atomic E-state index is 0.432. The molecule has 5 nitrogen and oxygen atoms in total. The summed E-state index contributed by atoms with van der Waals surface area (Å²) in [5, 5.41) is 8.86. The molecule has 0 N–H and O–H groups in total. The molecule has 0 aliphatic carbocycles. The lowest BCUT2D eigenvalue weighted by molar-refractivity contribution is 0.191. The molecule has 0 saturated heterocycles. The van der Waals surface area contributed by atoms with E-state index < -0.39 is 0 Å². The average molecular weight is 249 g/mol. The van der Waals surface area contributed by atoms with Crippen LogP contribution in [0.2, 0.25) is 0 Å². The van der Waals surface area contributed by atoms with Gasteiger partial charge < -0.3 is 14.4 Å². The molecule has 0 aromatic carbocycles. The quantitative estimate of drug-likeness (QED) is 0.652. The molecule has 0 aliphatic heterocycles. The Morgan fingerprint density at radius 3 is 2.72 bits per heavy atom. The summed E-state index contributed by atoms with van der Waals surface area (Å²) in [6.45, 7) is 3.03. The van der Waals surface area contributed by atoms with Crippen molar-refractivity contribution in [3.05, 3.63) is 24.0 Å². The summed E-state index contributed by atoms with van der Waals surface area (Å²) in [7, 11) is 3.38. The van der Waals surface area contributed by atoms with E-state index in [-0.39, 0.29) is 0 Å². The highest BCUT2D eigenvalue weighted by Gasteiger charge is 2.07. The number of pyridine rings is 1. The molecule has 0 fully saturated rings. The maximum Gasteiger partial charge on any atom is 0.142 e. The number of hydrogen-bond donors (Lipinski definition) is 0. The molecule has 0 atom stereocenters. The molecule has 0 bridgehead atoms. The topological polar surface area (TPSA) is 58.4 Å². The second-order valence-electron chi connectivity index (χ2n) is 3.84. The first-order chi connectivity index (χ1) is 8.81. The monoisotopic (exact) mass is 249 g/mol. The van der Waals surface area contributed by atoms with Crippen molar-refractivity contribution in [1.82, 2.24) is 4.98 Å². The first-order valence-corrected chi connectivity index (χ1v) is 5.90. The van der Waals surface area contributed by atoms with Gasteiger partial charge in [0.15, 0.2) is 0 Å². The lowest BCUT2D eigenvalue weighted by Gasteiger charge is -2.24. The number of aromatic nitrogens is 1. The van der Waals surface area contributed by atoms with E-state index in [1.165, 1.54) is 0 Å². The highest BCUT2D eigenvalue weighted by Crippen LogP contribution is 2.14. The van der Waals surface area contributed by atoms with Crippen molar-refractivity contribution in [2.45, 2.75) is 6.42 Å². The Morgan fingerprint density at radius 1 is 1.28 bits per heavy atom. The van der Waals surface area contributed by atoms with Gasteiger partial charge in [-0.1, -0.05) is 0 Å². The Labute approximate surface area is 108 Å². The predicted molar refractivity (Wildman–Crippen MR) is 69.5 cm³/mol. The standard InChI is InChI=1S/C13H19N3O2/c1-17-8-3-6-16(7-9-18-2)13-4-5-15-12(10-13)11-14/h4-5,10H,3,6-9H2,1-2H3. The first kappa shape index (κ1) is 14.4. The van der Waals surface area contributed by atoms with Gasteiger partial charge in [-0.15, -0.1) is 0 Å². The molecular formula is C13H19N3O2. The summed E-state index contributed by atoms with van der Waals surface area (Å²) >= 11 is 0. The van der Waals surface area contributed by atoms with Crippen molar-refractivity contribution in [1.29, 1.82) is 5.26 Å². The Morgan fingerprint density at radius 2 is 2.06 bits per heavy atom. The molecule has 0 saturated carbocycles. The number of methoxy groups -OCH3 is 2. The number of nitriles is 1. The highest BCUT2D eigenvalue weighted by molar-refractivity contribution is 5.48. The minimum Gasteiger partial charge on any atom is -0.385 e. The van der Waals surface area contributed by atoms with Crippen LogP contribution in [0.25, 0.3) is 0 Å². The third-order valence-corrected chi connectivity index (χ3v) is 2.57. The van der Waals surface area contributed by atoms with Crippen LogP contribution in [-0.2, 0) is 9.47 Å². The molecular weight excluding hydrogens is 230 g/mol. The number of rotatable bonds is 8. The van der Waals surface area contributed by atoms with Crippen LogP contribution in [-0.4, -0.2) is 45.5 Å². The van der Waals surface area contributed by atoms with Crippen molar-refractivity contribution in [2.24, 2.45) is 0 Å². The number of hydrogen-bond acceptors (Lipinski definition) is 5. The van der Waals surface area contributed by atoms with Gasteiger partial charge >= 0.3 is 0 Å². The molecule has 0 spiro atoms. The second-order valence-corrected chi connectivity index (χ2v) is 3.84. The molecule has 0 amide bonds. The maximum absolute atomic E-state index is 8.86. The molecule has 1 heterocycles. The summed E-state index contributed by atoms with van der Waals surface area (Å²) in [5.74, 6) is 0. The molecule has 0 radical (unpaired) electrons. The predicted octanol–water partition coefficient (Wildman–Crippen LogP) is 1.44. The van der Waals surface area contributed by atoms with Crippen molar-refractivity contribution in [3.63, 3.8) is 0 Å². The van der Waals surface area contributed by atoms with Crippen LogP contribution >= 0.6 is 0 Å². The normalized spacial score (nSPS) is 10.1. The van der Waals surface area contributed by atoms with Crippen molar-refractivity contribution < 1.29 is 9.47 Å². The summed E-state index contributed by atoms with van der Waals surface area (Å²) in [5.41, 5.74) is 1.43. The van der Waals surface area contributed by atoms with E-state index in [2.05, 4.69) is 16.0 Å². The van der Waals surface area contributed by atoms with Crippen molar-refractivity contribution in [3.8, 4) is 6.07 Å². The van der Waals surface area contributed by atoms with E-state index in [1.54, 1.807) is 26.5 Å². The van der Waals surface area contributed by atoms with Gasteiger partial charge in [0.25, 0.3) is 0 Å². The van der Waals surface area contributed by atoms with E-state index >= 15 is 0 Å². The fourth-order valence-electron chi connectivity index (χ4n) is 1.65. The van der Waals surface area contributed by atoms with E-state index in [1.807, 2.05) is 6.07 Å². The lowest BCUT2D eigenvalue weighted by Crippen LogP contribution is -2.29. The summed E-state index contributed by atoms with van der Waals surface area (Å²) < 4.78 is 10.2. The smallest absolute Gasteiger partial charge is 0.142 e. The zero-order chi connectivity index (χ0) is 13.2. The van der Waals surface area contributed by atoms with Crippen LogP contribution in [0.4, 0.5) is 5.69 Å². The minimum absolute atomic E-state index is 0.432. The number of nitrogens with zero attached hydrogens (tertiary/aromatic N) is 3. The van der Waals surface area contributed by atoms with E-state index in [9.17, 15) is 0 Å². The number of anilines is 1. The van der Waals surface area contributed by atoms with Gasteiger partial charge in [0.2, 0.25) is 0 Å². The molecule has 1 rings (SSSR count). The van der Waals surface area contributed by atoms with Gasteiger partial charge in [-0.3, -0.25) is 0 Å². The Kier molecular flexibility index (Phi) is 6.77. The van der Waals surface area contributed by atoms with Crippen LogP contribution in [0.3, 0.4) is 0 Å². The number of ether oxygens (including phenoxy) is 2. The van der Waals surface area contributed by atoms with Crippen LogP contribution in [0.15, 0.2) is 18.3 Å². The molecule has 5 heteroatoms. The molecule has 1 aromatic rings. The Hall–Kier alpha value is -1.64. The summed E-state index contributed by atoms with van der Waals surface area (Å²) in [6.07, 6.45) is 2.59. The maximum atomic E-state index is 8.86. The largest absolute Gasteiger partial charge is 0.385 e. The third kappa shape index (κ3) is 4.70. The lowest BCUT2D eigenvalue weighted by atomic mass is 10.2.